The van der Waals surface area contributed by atoms with E-state index in [1.807, 2.05) is 13.0 Å². The highest BCUT2D eigenvalue weighted by atomic mass is 19.1. The summed E-state index contributed by atoms with van der Waals surface area (Å²) in [5.41, 5.74) is 0.912. The molecule has 10 heteroatoms. The SMILES string of the molecule is CCOC(=O)c1cc2c(=O)n3cccc(C)c3nc2n(Cc2ccco2)c1=NC(=O)c1ccc(F)cc1. The van der Waals surface area contributed by atoms with E-state index in [0.717, 1.165) is 17.7 Å². The van der Waals surface area contributed by atoms with Gasteiger partial charge in [0.15, 0.2) is 5.49 Å². The van der Waals surface area contributed by atoms with E-state index in [1.54, 1.807) is 31.3 Å². The molecule has 0 radical (unpaired) electrons. The highest BCUT2D eigenvalue weighted by Crippen LogP contribution is 2.16. The van der Waals surface area contributed by atoms with E-state index in [9.17, 15) is 18.8 Å². The minimum atomic E-state index is -0.767. The first kappa shape index (κ1) is 23.9. The van der Waals surface area contributed by atoms with Crippen LogP contribution in [0.25, 0.3) is 16.7 Å². The van der Waals surface area contributed by atoms with Gasteiger partial charge in [0, 0.05) is 11.8 Å². The minimum absolute atomic E-state index is 0.0147. The van der Waals surface area contributed by atoms with Crippen LogP contribution in [0.1, 0.15) is 39.0 Å². The Morgan fingerprint density at radius 2 is 1.89 bits per heavy atom. The zero-order valence-electron chi connectivity index (χ0n) is 20.0. The van der Waals surface area contributed by atoms with E-state index in [2.05, 4.69) is 4.99 Å². The Morgan fingerprint density at radius 3 is 2.59 bits per heavy atom. The number of amides is 1. The molecule has 0 aliphatic carbocycles. The van der Waals surface area contributed by atoms with Crippen molar-refractivity contribution in [2.45, 2.75) is 20.4 Å². The second-order valence-electron chi connectivity index (χ2n) is 8.23. The molecule has 0 N–H and O–H groups in total. The lowest BCUT2D eigenvalue weighted by atomic mass is 10.2. The predicted molar refractivity (Wildman–Crippen MR) is 132 cm³/mol. The molecule has 0 saturated heterocycles. The highest BCUT2D eigenvalue weighted by Gasteiger charge is 2.21. The van der Waals surface area contributed by atoms with Crippen LogP contribution in [0, 0.1) is 12.7 Å². The van der Waals surface area contributed by atoms with E-state index in [4.69, 9.17) is 14.1 Å². The molecule has 4 aromatic heterocycles. The second kappa shape index (κ2) is 9.65. The molecule has 0 aliphatic heterocycles. The molecule has 5 rings (SSSR count). The first-order valence-electron chi connectivity index (χ1n) is 11.5. The minimum Gasteiger partial charge on any atom is -0.467 e. The van der Waals surface area contributed by atoms with E-state index in [-0.39, 0.29) is 40.8 Å². The Kier molecular flexibility index (Phi) is 6.22. The van der Waals surface area contributed by atoms with Gasteiger partial charge in [-0.2, -0.15) is 4.99 Å². The maximum absolute atomic E-state index is 13.5. The number of benzene rings is 1. The fourth-order valence-electron chi connectivity index (χ4n) is 4.03. The van der Waals surface area contributed by atoms with Crippen LogP contribution in [0.15, 0.2) is 81.3 Å². The van der Waals surface area contributed by atoms with Gasteiger partial charge in [0.1, 0.15) is 28.4 Å². The third-order valence-electron chi connectivity index (χ3n) is 5.79. The van der Waals surface area contributed by atoms with Gasteiger partial charge >= 0.3 is 5.97 Å². The van der Waals surface area contributed by atoms with E-state index < -0.39 is 23.3 Å². The summed E-state index contributed by atoms with van der Waals surface area (Å²) in [5.74, 6) is -1.51. The molecule has 0 bridgehead atoms. The van der Waals surface area contributed by atoms with Crippen LogP contribution in [-0.4, -0.2) is 32.4 Å². The summed E-state index contributed by atoms with van der Waals surface area (Å²) >= 11 is 0. The van der Waals surface area contributed by atoms with E-state index in [0.29, 0.717) is 11.4 Å². The van der Waals surface area contributed by atoms with Crippen LogP contribution >= 0.6 is 0 Å². The molecule has 9 nitrogen and oxygen atoms in total. The van der Waals surface area contributed by atoms with Gasteiger partial charge < -0.3 is 13.7 Å². The lowest BCUT2D eigenvalue weighted by Crippen LogP contribution is -2.33. The van der Waals surface area contributed by atoms with E-state index >= 15 is 0 Å². The summed E-state index contributed by atoms with van der Waals surface area (Å²) < 4.78 is 27.0. The van der Waals surface area contributed by atoms with Crippen molar-refractivity contribution in [3.05, 3.63) is 111 Å². The molecule has 186 valence electrons. The van der Waals surface area contributed by atoms with Gasteiger partial charge in [0.25, 0.3) is 11.5 Å². The largest absolute Gasteiger partial charge is 0.467 e. The van der Waals surface area contributed by atoms with Gasteiger partial charge in [0.05, 0.1) is 24.8 Å². The summed E-state index contributed by atoms with van der Waals surface area (Å²) in [6.07, 6.45) is 3.07. The number of halogens is 1. The number of rotatable bonds is 5. The van der Waals surface area contributed by atoms with Crippen LogP contribution in [0.4, 0.5) is 4.39 Å². The third-order valence-corrected chi connectivity index (χ3v) is 5.79. The summed E-state index contributed by atoms with van der Waals surface area (Å²) in [6.45, 7) is 3.54. The van der Waals surface area contributed by atoms with Crippen molar-refractivity contribution < 1.29 is 23.1 Å². The molecule has 0 aliphatic rings. The lowest BCUT2D eigenvalue weighted by Gasteiger charge is -2.15. The van der Waals surface area contributed by atoms with Crippen molar-refractivity contribution in [3.8, 4) is 0 Å². The number of carbonyl (C=O) groups excluding carboxylic acids is 2. The summed E-state index contributed by atoms with van der Waals surface area (Å²) in [5, 5.41) is 0.130. The van der Waals surface area contributed by atoms with Crippen LogP contribution in [0.5, 0.6) is 0 Å². The fourth-order valence-corrected chi connectivity index (χ4v) is 4.03. The van der Waals surface area contributed by atoms with Gasteiger partial charge in [-0.3, -0.25) is 14.0 Å². The van der Waals surface area contributed by atoms with Crippen molar-refractivity contribution in [1.29, 1.82) is 0 Å². The zero-order valence-corrected chi connectivity index (χ0v) is 20.0. The fraction of sp³-hybridized carbons (Fsp3) is 0.148. The van der Waals surface area contributed by atoms with Gasteiger partial charge in [-0.05, 0) is 67.9 Å². The molecule has 0 unspecified atom stereocenters. The standard InChI is InChI=1S/C27H21FN4O5/c1-3-36-27(35)21-14-20-23(29-22-16(2)6-4-12-31(22)26(20)34)32(15-19-7-5-13-37-19)24(21)30-25(33)17-8-10-18(28)11-9-17/h4-14H,3,15H2,1-2H3. The second-order valence-corrected chi connectivity index (χ2v) is 8.23. The van der Waals surface area contributed by atoms with Crippen LogP contribution in [0.2, 0.25) is 0 Å². The Balaban J connectivity index is 1.91. The highest BCUT2D eigenvalue weighted by molar-refractivity contribution is 5.97. The number of aromatic nitrogens is 3. The molecule has 0 fully saturated rings. The molecule has 37 heavy (non-hydrogen) atoms. The molecule has 4 heterocycles. The number of hydrogen-bond donors (Lipinski definition) is 0. The Hall–Kier alpha value is -4.86. The van der Waals surface area contributed by atoms with Crippen molar-refractivity contribution in [2.75, 3.05) is 6.61 Å². The van der Waals surface area contributed by atoms with Gasteiger partial charge in [0.2, 0.25) is 0 Å². The molecule has 1 amide bonds. The number of nitrogens with zero attached hydrogens (tertiary/aromatic N) is 4. The maximum atomic E-state index is 13.5. The molecule has 0 saturated carbocycles. The van der Waals surface area contributed by atoms with Gasteiger partial charge in [-0.15, -0.1) is 0 Å². The van der Waals surface area contributed by atoms with Crippen LogP contribution < -0.4 is 11.0 Å². The molecular formula is C27H21FN4O5. The first-order chi connectivity index (χ1) is 17.9. The number of aryl methyl sites for hydroxylation is 1. The Labute approximate surface area is 209 Å². The zero-order chi connectivity index (χ0) is 26.1. The summed E-state index contributed by atoms with van der Waals surface area (Å²) in [7, 11) is 0. The topological polar surface area (TPSA) is 108 Å². The molecular weight excluding hydrogens is 479 g/mol. The van der Waals surface area contributed by atoms with Crippen LogP contribution in [0.3, 0.4) is 0 Å². The van der Waals surface area contributed by atoms with Crippen molar-refractivity contribution in [3.63, 3.8) is 0 Å². The smallest absolute Gasteiger partial charge is 0.341 e. The first-order valence-corrected chi connectivity index (χ1v) is 11.5. The van der Waals surface area contributed by atoms with Crippen molar-refractivity contribution in [2.24, 2.45) is 4.99 Å². The average molecular weight is 500 g/mol. The summed E-state index contributed by atoms with van der Waals surface area (Å²) in [4.78, 5) is 48.6. The van der Waals surface area contributed by atoms with Crippen molar-refractivity contribution in [1.82, 2.24) is 14.0 Å². The lowest BCUT2D eigenvalue weighted by molar-refractivity contribution is 0.0523. The number of fused-ring (bicyclic) bond motifs is 2. The quantitative estimate of drug-likeness (QED) is 0.269. The van der Waals surface area contributed by atoms with E-state index in [1.165, 1.54) is 33.4 Å². The molecule has 1 aromatic carbocycles. The normalized spacial score (nSPS) is 11.8. The molecule has 5 aromatic rings. The summed E-state index contributed by atoms with van der Waals surface area (Å²) in [6, 6.07) is 13.2. The molecule has 0 atom stereocenters. The maximum Gasteiger partial charge on any atom is 0.341 e. The number of esters is 1. The number of ether oxygens (including phenoxy) is 1. The Morgan fingerprint density at radius 1 is 1.11 bits per heavy atom. The van der Waals surface area contributed by atoms with Crippen LogP contribution in [-0.2, 0) is 11.3 Å². The number of carbonyl (C=O) groups is 2. The van der Waals surface area contributed by atoms with Gasteiger partial charge in [-0.1, -0.05) is 6.07 Å². The Bertz CT molecular complexity index is 1780. The van der Waals surface area contributed by atoms with Gasteiger partial charge in [-0.25, -0.2) is 14.2 Å². The van der Waals surface area contributed by atoms with Crippen molar-refractivity contribution >= 4 is 28.6 Å². The third kappa shape index (κ3) is 4.44. The molecule has 0 spiro atoms. The number of furan rings is 1. The average Bonchev–Trinajstić information content (AvgIpc) is 3.40. The predicted octanol–water partition coefficient (Wildman–Crippen LogP) is 3.66. The monoisotopic (exact) mass is 500 g/mol. The number of hydrogen-bond acceptors (Lipinski definition) is 6. The number of pyridine rings is 2.